The fourth-order valence-electron chi connectivity index (χ4n) is 1.11. The van der Waals surface area contributed by atoms with Gasteiger partial charge in [0.15, 0.2) is 0 Å². The maximum absolute atomic E-state index is 11.7. The highest BCUT2D eigenvalue weighted by atomic mass is 35.5. The number of nitrogens with zero attached hydrogens (tertiary/aromatic N) is 1. The maximum Gasteiger partial charge on any atom is 0.348 e. The van der Waals surface area contributed by atoms with Gasteiger partial charge in [-0.2, -0.15) is 5.10 Å². The van der Waals surface area contributed by atoms with Gasteiger partial charge in [0, 0.05) is 5.56 Å². The molecule has 0 radical (unpaired) electrons. The Labute approximate surface area is 124 Å². The van der Waals surface area contributed by atoms with Crippen molar-refractivity contribution >= 4 is 41.3 Å². The summed E-state index contributed by atoms with van der Waals surface area (Å²) in [6, 6.07) is 6.33. The van der Waals surface area contributed by atoms with Gasteiger partial charge < -0.3 is 9.84 Å². The van der Waals surface area contributed by atoms with Gasteiger partial charge in [0.2, 0.25) is 0 Å². The van der Waals surface area contributed by atoms with E-state index in [1.807, 2.05) is 0 Å². The molecule has 8 heteroatoms. The smallest absolute Gasteiger partial charge is 0.348 e. The lowest BCUT2D eigenvalue weighted by molar-refractivity contribution is -0.131. The largest absolute Gasteiger partial charge is 0.497 e. The molecule has 0 aliphatic rings. The normalized spacial score (nSPS) is 11.9. The molecule has 0 bridgehead atoms. The van der Waals surface area contributed by atoms with Gasteiger partial charge in [-0.25, -0.2) is 10.2 Å². The van der Waals surface area contributed by atoms with Crippen molar-refractivity contribution in [3.05, 3.63) is 39.9 Å². The van der Waals surface area contributed by atoms with Crippen molar-refractivity contribution < 1.29 is 19.4 Å². The highest BCUT2D eigenvalue weighted by Crippen LogP contribution is 2.12. The fraction of sp³-hybridized carbons (Fsp3) is 0.0833. The van der Waals surface area contributed by atoms with Gasteiger partial charge in [0.25, 0.3) is 5.91 Å². The molecule has 1 rings (SSSR count). The van der Waals surface area contributed by atoms with Crippen molar-refractivity contribution in [1.29, 1.82) is 0 Å². The Kier molecular flexibility index (Phi) is 6.02. The minimum Gasteiger partial charge on any atom is -0.497 e. The number of benzene rings is 1. The summed E-state index contributed by atoms with van der Waals surface area (Å²) in [5.74, 6) is -1.26. The van der Waals surface area contributed by atoms with Crippen LogP contribution in [0.3, 0.4) is 0 Å². The lowest BCUT2D eigenvalue weighted by Crippen LogP contribution is -2.17. The number of hydrazone groups is 1. The summed E-state index contributed by atoms with van der Waals surface area (Å²) in [5.41, 5.74) is 2.53. The van der Waals surface area contributed by atoms with Crippen LogP contribution in [0.5, 0.6) is 5.75 Å². The molecule has 0 aliphatic heterocycles. The summed E-state index contributed by atoms with van der Waals surface area (Å²) >= 11 is 10.9. The summed E-state index contributed by atoms with van der Waals surface area (Å²) in [6.45, 7) is 0. The number of carbonyl (C=O) groups is 2. The number of nitrogens with one attached hydrogen (secondary N) is 1. The Hall–Kier alpha value is -2.05. The van der Waals surface area contributed by atoms with Crippen molar-refractivity contribution in [2.45, 2.75) is 0 Å². The summed E-state index contributed by atoms with van der Waals surface area (Å²) in [7, 11) is 1.51. The van der Waals surface area contributed by atoms with E-state index < -0.39 is 16.9 Å². The minimum absolute atomic E-state index is 0.297. The van der Waals surface area contributed by atoms with Gasteiger partial charge in [-0.15, -0.1) is 0 Å². The van der Waals surface area contributed by atoms with Gasteiger partial charge in [0.1, 0.15) is 10.8 Å². The molecular weight excluding hydrogens is 307 g/mol. The van der Waals surface area contributed by atoms with Crippen LogP contribution < -0.4 is 10.2 Å². The van der Waals surface area contributed by atoms with E-state index in [0.29, 0.717) is 11.3 Å². The lowest BCUT2D eigenvalue weighted by Gasteiger charge is -2.02. The first-order chi connectivity index (χ1) is 9.45. The van der Waals surface area contributed by atoms with Crippen molar-refractivity contribution in [2.75, 3.05) is 7.11 Å². The molecule has 0 atom stereocenters. The van der Waals surface area contributed by atoms with E-state index in [9.17, 15) is 9.59 Å². The zero-order valence-electron chi connectivity index (χ0n) is 10.3. The van der Waals surface area contributed by atoms with Crippen LogP contribution >= 0.6 is 23.2 Å². The molecule has 0 heterocycles. The maximum atomic E-state index is 11.7. The SMILES string of the molecule is COc1ccc(C(=O)NN=C/C(Cl)=C(\Cl)C(=O)O)cc1. The van der Waals surface area contributed by atoms with Crippen molar-refractivity contribution in [3.8, 4) is 5.75 Å². The molecule has 0 aliphatic carbocycles. The standard InChI is InChI=1S/C12H10Cl2N2O4/c1-20-8-4-2-7(3-5-8)11(17)16-15-6-9(13)10(14)12(18)19/h2-6H,1H3,(H,16,17)(H,18,19)/b10-9+,15-6?. The number of hydrogen-bond donors (Lipinski definition) is 2. The number of carbonyl (C=O) groups excluding carboxylic acids is 1. The van der Waals surface area contributed by atoms with Crippen molar-refractivity contribution in [3.63, 3.8) is 0 Å². The number of aliphatic carboxylic acids is 1. The lowest BCUT2D eigenvalue weighted by atomic mass is 10.2. The number of ether oxygens (including phenoxy) is 1. The molecule has 0 saturated heterocycles. The van der Waals surface area contributed by atoms with Crippen LogP contribution in [0.2, 0.25) is 0 Å². The molecule has 2 N–H and O–H groups in total. The highest BCUT2D eigenvalue weighted by Gasteiger charge is 2.08. The van der Waals surface area contributed by atoms with E-state index in [0.717, 1.165) is 6.21 Å². The van der Waals surface area contributed by atoms with Crippen LogP contribution in [0, 0.1) is 0 Å². The van der Waals surface area contributed by atoms with Crippen molar-refractivity contribution in [1.82, 2.24) is 5.43 Å². The van der Waals surface area contributed by atoms with E-state index in [-0.39, 0.29) is 5.03 Å². The Morgan fingerprint density at radius 1 is 1.30 bits per heavy atom. The average Bonchev–Trinajstić information content (AvgIpc) is 2.46. The van der Waals surface area contributed by atoms with Crippen LogP contribution in [0.15, 0.2) is 39.4 Å². The third-order valence-electron chi connectivity index (χ3n) is 2.09. The Morgan fingerprint density at radius 2 is 1.90 bits per heavy atom. The first-order valence-corrected chi connectivity index (χ1v) is 5.97. The zero-order chi connectivity index (χ0) is 15.1. The zero-order valence-corrected chi connectivity index (χ0v) is 11.8. The molecule has 20 heavy (non-hydrogen) atoms. The third kappa shape index (κ3) is 4.56. The topological polar surface area (TPSA) is 88.0 Å². The third-order valence-corrected chi connectivity index (χ3v) is 2.84. The molecular formula is C12H10Cl2N2O4. The number of carboxylic acids is 1. The van der Waals surface area contributed by atoms with E-state index in [1.54, 1.807) is 24.3 Å². The van der Waals surface area contributed by atoms with Crippen LogP contribution in [0.25, 0.3) is 0 Å². The number of hydrogen-bond acceptors (Lipinski definition) is 4. The Morgan fingerprint density at radius 3 is 2.40 bits per heavy atom. The van der Waals surface area contributed by atoms with Crippen LogP contribution in [0.1, 0.15) is 10.4 Å². The highest BCUT2D eigenvalue weighted by molar-refractivity contribution is 6.51. The second-order valence-electron chi connectivity index (χ2n) is 3.39. The predicted octanol–water partition coefficient (Wildman–Crippen LogP) is 2.18. The summed E-state index contributed by atoms with van der Waals surface area (Å²) < 4.78 is 4.96. The van der Waals surface area contributed by atoms with Gasteiger partial charge >= 0.3 is 5.97 Å². The Balaban J connectivity index is 2.67. The number of rotatable bonds is 5. The molecule has 0 spiro atoms. The molecule has 0 saturated carbocycles. The van der Waals surface area contributed by atoms with Gasteiger partial charge in [-0.3, -0.25) is 4.79 Å². The van der Waals surface area contributed by atoms with Gasteiger partial charge in [0.05, 0.1) is 18.4 Å². The van der Waals surface area contributed by atoms with Gasteiger partial charge in [-0.05, 0) is 24.3 Å². The number of carboxylic acid groups (broad SMARTS) is 1. The minimum atomic E-state index is -1.38. The molecule has 6 nitrogen and oxygen atoms in total. The summed E-state index contributed by atoms with van der Waals surface area (Å²) in [6.07, 6.45) is 0.930. The first kappa shape index (κ1) is 16.0. The molecule has 1 amide bonds. The number of halogens is 2. The second kappa shape index (κ2) is 7.52. The Bertz CT molecular complexity index is 567. The average molecular weight is 317 g/mol. The summed E-state index contributed by atoms with van der Waals surface area (Å²) in [4.78, 5) is 22.1. The fourth-order valence-corrected chi connectivity index (χ4v) is 1.29. The molecule has 0 fully saturated rings. The molecule has 0 unspecified atom stereocenters. The first-order valence-electron chi connectivity index (χ1n) is 5.21. The number of amides is 1. The summed E-state index contributed by atoms with van der Waals surface area (Å²) in [5, 5.41) is 11.2. The van der Waals surface area contributed by atoms with E-state index >= 15 is 0 Å². The molecule has 106 valence electrons. The van der Waals surface area contributed by atoms with Gasteiger partial charge in [-0.1, -0.05) is 23.2 Å². The molecule has 0 aromatic heterocycles. The number of allylic oxidation sites excluding steroid dienone is 1. The quantitative estimate of drug-likeness (QED) is 0.495. The van der Waals surface area contributed by atoms with E-state index in [1.165, 1.54) is 7.11 Å². The van der Waals surface area contributed by atoms with E-state index in [2.05, 4.69) is 10.5 Å². The van der Waals surface area contributed by atoms with Crippen LogP contribution in [0.4, 0.5) is 0 Å². The predicted molar refractivity (Wildman–Crippen MR) is 75.3 cm³/mol. The van der Waals surface area contributed by atoms with Crippen molar-refractivity contribution in [2.24, 2.45) is 5.10 Å². The monoisotopic (exact) mass is 316 g/mol. The number of methoxy groups -OCH3 is 1. The van der Waals surface area contributed by atoms with Crippen LogP contribution in [-0.2, 0) is 4.79 Å². The second-order valence-corrected chi connectivity index (χ2v) is 4.18. The molecule has 1 aromatic carbocycles. The van der Waals surface area contributed by atoms with E-state index in [4.69, 9.17) is 33.0 Å². The molecule has 1 aromatic rings. The van der Waals surface area contributed by atoms with Crippen LogP contribution in [-0.4, -0.2) is 30.3 Å².